The van der Waals surface area contributed by atoms with E-state index in [2.05, 4.69) is 70.5 Å². The lowest BCUT2D eigenvalue weighted by Gasteiger charge is -2.56. The Hall–Kier alpha value is -5.50. The summed E-state index contributed by atoms with van der Waals surface area (Å²) < 4.78 is 22.3. The van der Waals surface area contributed by atoms with E-state index in [1.165, 1.54) is 22.3 Å². The third-order valence-electron chi connectivity index (χ3n) is 15.4. The number of dihydropyridines is 1. The first kappa shape index (κ1) is 41.2. The fraction of sp³-hybridized carbons (Fsp3) is 0.418. The van der Waals surface area contributed by atoms with Crippen molar-refractivity contribution in [1.29, 1.82) is 0 Å². The van der Waals surface area contributed by atoms with Crippen LogP contribution in [0.1, 0.15) is 104 Å². The predicted octanol–water partition coefficient (Wildman–Crippen LogP) is 9.11. The molecule has 4 aromatic carbocycles. The van der Waals surface area contributed by atoms with Crippen LogP contribution in [-0.4, -0.2) is 57.6 Å². The van der Waals surface area contributed by atoms with Gasteiger partial charge < -0.3 is 45.1 Å². The molecule has 5 heterocycles. The molecule has 0 spiro atoms. The molecule has 11 rings (SSSR count). The number of phenols is 2. The van der Waals surface area contributed by atoms with Crippen molar-refractivity contribution in [2.75, 3.05) is 13.2 Å². The Kier molecular flexibility index (Phi) is 11.0. The number of aromatic nitrogens is 1. The molecule has 2 fully saturated rings. The largest absolute Gasteiger partial charge is 0.508 e. The second kappa shape index (κ2) is 17.1. The van der Waals surface area contributed by atoms with Gasteiger partial charge in [-0.1, -0.05) is 60.4 Å². The molecule has 0 amide bonds. The number of hydrogen-bond acceptors (Lipinski definition) is 8. The van der Waals surface area contributed by atoms with Gasteiger partial charge in [0.1, 0.15) is 18.2 Å². The first-order chi connectivity index (χ1) is 31.3. The lowest BCUT2D eigenvalue weighted by Crippen LogP contribution is -2.54. The van der Waals surface area contributed by atoms with E-state index in [1.54, 1.807) is 18.2 Å². The molecule has 6 N–H and O–H groups in total. The van der Waals surface area contributed by atoms with Crippen LogP contribution in [-0.2, 0) is 34.3 Å². The highest BCUT2D eigenvalue weighted by atomic mass is 16.5. The number of aromatic hydroxyl groups is 2. The van der Waals surface area contributed by atoms with Gasteiger partial charge in [-0.25, -0.2) is 0 Å². The highest BCUT2D eigenvalue weighted by molar-refractivity contribution is 5.88. The Labute approximate surface area is 375 Å². The van der Waals surface area contributed by atoms with Crippen molar-refractivity contribution in [3.63, 3.8) is 0 Å². The average Bonchev–Trinajstić information content (AvgIpc) is 3.74. The number of aliphatic hydroxyl groups is 1. The van der Waals surface area contributed by atoms with Gasteiger partial charge in [-0.2, -0.15) is 0 Å². The van der Waals surface area contributed by atoms with Crippen molar-refractivity contribution in [1.82, 2.24) is 9.88 Å². The van der Waals surface area contributed by atoms with E-state index >= 15 is 0 Å². The van der Waals surface area contributed by atoms with Gasteiger partial charge in [0.25, 0.3) is 0 Å². The van der Waals surface area contributed by atoms with Crippen LogP contribution < -0.4 is 15.8 Å². The fourth-order valence-electron chi connectivity index (χ4n) is 12.1. The second-order valence-electron chi connectivity index (χ2n) is 19.3. The fourth-order valence-corrected chi connectivity index (χ4v) is 12.1. The minimum atomic E-state index is -0.577. The van der Waals surface area contributed by atoms with Crippen LogP contribution in [0.15, 0.2) is 108 Å². The van der Waals surface area contributed by atoms with E-state index in [0.29, 0.717) is 50.1 Å². The number of nitrogens with two attached hydrogens (primary N) is 1. The topological polar surface area (TPSA) is 131 Å². The molecule has 8 bridgehead atoms. The molecule has 6 aliphatic rings. The second-order valence-corrected chi connectivity index (χ2v) is 19.3. The maximum Gasteiger partial charge on any atom is 0.161 e. The summed E-state index contributed by atoms with van der Waals surface area (Å²) in [4.78, 5) is 0. The van der Waals surface area contributed by atoms with Gasteiger partial charge in [-0.3, -0.25) is 0 Å². The zero-order valence-electron chi connectivity index (χ0n) is 36.5. The lowest BCUT2D eigenvalue weighted by molar-refractivity contribution is -0.0894. The molecule has 1 unspecified atom stereocenters. The number of nitrogens with one attached hydrogen (secondary N) is 1. The van der Waals surface area contributed by atoms with Crippen molar-refractivity contribution in [2.45, 2.75) is 119 Å². The van der Waals surface area contributed by atoms with Gasteiger partial charge in [0.05, 0.1) is 31.1 Å². The van der Waals surface area contributed by atoms with Crippen LogP contribution >= 0.6 is 0 Å². The molecule has 1 saturated carbocycles. The molecule has 4 aliphatic heterocycles. The SMILES string of the molecule is NC1C=C2C#C[C@H](CCc3ccc(O)cc3)CCC[C@H]3C[C@H](O)CCc4ccc(O)c(c4)OCc4cc([C@@]56CCO[C@@H]7CC[C@@H](C[C@@H]75)c5ccccc56)cc5cn(cc45)C(=C2CO3)N1. The highest BCUT2D eigenvalue weighted by Gasteiger charge is 2.55. The molecule has 8 atom stereocenters. The average molecular weight is 858 g/mol. The summed E-state index contributed by atoms with van der Waals surface area (Å²) in [6, 6.07) is 27.0. The van der Waals surface area contributed by atoms with E-state index in [0.717, 1.165) is 96.7 Å². The number of ether oxygens (including phenoxy) is 3. The molecule has 1 saturated heterocycles. The number of aryl methyl sites for hydroxylation is 2. The van der Waals surface area contributed by atoms with Crippen LogP contribution in [0.3, 0.4) is 0 Å². The summed E-state index contributed by atoms with van der Waals surface area (Å²) in [5.41, 5.74) is 15.8. The van der Waals surface area contributed by atoms with Gasteiger partial charge in [-0.05, 0) is 159 Å². The number of phenolic OH excluding ortho intramolecular Hbond substituents is 2. The normalized spacial score (nSPS) is 28.9. The van der Waals surface area contributed by atoms with E-state index in [1.807, 2.05) is 30.3 Å². The molecule has 1 aromatic heterocycles. The minimum absolute atomic E-state index is 0.0972. The summed E-state index contributed by atoms with van der Waals surface area (Å²) in [6.07, 6.45) is 15.8. The molecule has 0 radical (unpaired) electrons. The Morgan fingerprint density at radius 1 is 0.891 bits per heavy atom. The van der Waals surface area contributed by atoms with Crippen LogP contribution in [0.25, 0.3) is 16.6 Å². The van der Waals surface area contributed by atoms with Crippen molar-refractivity contribution >= 4 is 16.6 Å². The third-order valence-corrected chi connectivity index (χ3v) is 15.4. The molecule has 9 heteroatoms. The minimum Gasteiger partial charge on any atom is -0.508 e. The summed E-state index contributed by atoms with van der Waals surface area (Å²) in [6.45, 7) is 1.28. The number of hydrogen-bond donors (Lipinski definition) is 5. The Morgan fingerprint density at radius 3 is 2.69 bits per heavy atom. The summed E-state index contributed by atoms with van der Waals surface area (Å²) in [5.74, 6) is 9.98. The van der Waals surface area contributed by atoms with Crippen molar-refractivity contribution < 1.29 is 29.5 Å². The van der Waals surface area contributed by atoms with Gasteiger partial charge in [0.15, 0.2) is 11.5 Å². The van der Waals surface area contributed by atoms with Crippen molar-refractivity contribution in [3.05, 3.63) is 142 Å². The molecular formula is C55H59N3O6. The molecule has 5 aromatic rings. The number of rotatable bonds is 4. The van der Waals surface area contributed by atoms with Crippen LogP contribution in [0, 0.1) is 23.7 Å². The van der Waals surface area contributed by atoms with Crippen LogP contribution in [0.4, 0.5) is 0 Å². The molecule has 330 valence electrons. The standard InChI is InChI=1S/C55H59N3O6/c56-53-28-38-15-10-34(8-9-35-11-17-42(59)18-12-35)4-3-5-44-29-43(60)19-13-36-14-20-50(61)52(24-36)64-32-40-26-41(25-39-30-58(31-46(39)40)54(57-53)47(38)33-63-44)55-22-23-62-51-21-16-37(27-49(51)55)45-6-1-2-7-48(45)55/h1-2,6-7,11-12,14,17-18,20,24-26,28,30-31,34,37,43-44,49,51,53,57,59-61H,3-5,8-9,13,16,19,21-23,27,29,32-33,56H2/t34-,37-,43+,44-,49-,51+,53?,55+/m0/s1. The Balaban J connectivity index is 1.06. The summed E-state index contributed by atoms with van der Waals surface area (Å²) in [5, 5.41) is 38.3. The summed E-state index contributed by atoms with van der Waals surface area (Å²) >= 11 is 0. The lowest BCUT2D eigenvalue weighted by atomic mass is 9.51. The monoisotopic (exact) mass is 857 g/mol. The van der Waals surface area contributed by atoms with Crippen LogP contribution in [0.5, 0.6) is 17.2 Å². The van der Waals surface area contributed by atoms with E-state index < -0.39 is 12.3 Å². The summed E-state index contributed by atoms with van der Waals surface area (Å²) in [7, 11) is 0. The highest BCUT2D eigenvalue weighted by Crippen LogP contribution is 2.60. The molecular weight excluding hydrogens is 799 g/mol. The molecule has 2 aliphatic carbocycles. The predicted molar refractivity (Wildman–Crippen MR) is 249 cm³/mol. The van der Waals surface area contributed by atoms with E-state index in [4.69, 9.17) is 19.9 Å². The number of benzene rings is 4. The van der Waals surface area contributed by atoms with Crippen molar-refractivity contribution in [2.24, 2.45) is 17.6 Å². The zero-order valence-corrected chi connectivity index (χ0v) is 36.5. The van der Waals surface area contributed by atoms with Gasteiger partial charge in [0, 0.05) is 52.3 Å². The maximum atomic E-state index is 11.5. The quantitative estimate of drug-likeness (QED) is 0.113. The number of nitrogens with zero attached hydrogens (tertiary/aromatic N) is 1. The first-order valence-corrected chi connectivity index (χ1v) is 23.6. The molecule has 64 heavy (non-hydrogen) atoms. The number of aliphatic hydroxyl groups excluding tert-OH is 1. The zero-order chi connectivity index (χ0) is 43.4. The Morgan fingerprint density at radius 2 is 1.78 bits per heavy atom. The van der Waals surface area contributed by atoms with Crippen LogP contribution in [0.2, 0.25) is 0 Å². The first-order valence-electron chi connectivity index (χ1n) is 23.6. The van der Waals surface area contributed by atoms with Crippen molar-refractivity contribution in [3.8, 4) is 29.1 Å². The number of fused-ring (bicyclic) bond motifs is 10. The molecule has 9 nitrogen and oxygen atoms in total. The van der Waals surface area contributed by atoms with E-state index in [-0.39, 0.29) is 41.6 Å². The van der Waals surface area contributed by atoms with E-state index in [9.17, 15) is 15.3 Å². The van der Waals surface area contributed by atoms with Gasteiger partial charge in [0.2, 0.25) is 0 Å². The Bertz CT molecular complexity index is 2690. The van der Waals surface area contributed by atoms with Gasteiger partial charge >= 0.3 is 0 Å². The maximum absolute atomic E-state index is 11.5. The smallest absolute Gasteiger partial charge is 0.161 e. The third kappa shape index (κ3) is 7.79. The van der Waals surface area contributed by atoms with Gasteiger partial charge in [-0.15, -0.1) is 0 Å².